The second-order valence-corrected chi connectivity index (χ2v) is 4.14. The quantitative estimate of drug-likeness (QED) is 0.740. The molecule has 0 radical (unpaired) electrons. The topological polar surface area (TPSA) is 38.0 Å². The molecule has 1 saturated heterocycles. The van der Waals surface area contributed by atoms with Crippen LogP contribution in [-0.2, 0) is 11.3 Å². The fraction of sp³-hybridized carbons (Fsp3) is 0.583. The minimum Gasteiger partial charge on any atom is -0.376 e. The van der Waals surface area contributed by atoms with Crippen molar-refractivity contribution in [3.63, 3.8) is 0 Å². The minimum atomic E-state index is 0.335. The summed E-state index contributed by atoms with van der Waals surface area (Å²) in [5, 5.41) is 8.92. The lowest BCUT2D eigenvalue weighted by Gasteiger charge is -2.14. The molecular weight excluding hydrogens is 188 g/mol. The van der Waals surface area contributed by atoms with Gasteiger partial charge in [0.05, 0.1) is 11.7 Å². The summed E-state index contributed by atoms with van der Waals surface area (Å²) in [7, 11) is 0. The molecule has 0 amide bonds. The van der Waals surface area contributed by atoms with Crippen molar-refractivity contribution in [2.24, 2.45) is 0 Å². The Morgan fingerprint density at radius 3 is 2.93 bits per heavy atom. The molecule has 1 fully saturated rings. The molecule has 3 heteroatoms. The Morgan fingerprint density at radius 2 is 2.40 bits per heavy atom. The van der Waals surface area contributed by atoms with E-state index in [0.29, 0.717) is 6.10 Å². The van der Waals surface area contributed by atoms with Gasteiger partial charge in [0.2, 0.25) is 0 Å². The van der Waals surface area contributed by atoms with Gasteiger partial charge in [-0.2, -0.15) is 5.26 Å². The molecule has 1 aliphatic rings. The molecule has 1 aliphatic heterocycles. The van der Waals surface area contributed by atoms with E-state index in [9.17, 15) is 0 Å². The summed E-state index contributed by atoms with van der Waals surface area (Å²) in [6, 6.07) is 4.17. The summed E-state index contributed by atoms with van der Waals surface area (Å²) in [6.45, 7) is 5.82. The van der Waals surface area contributed by atoms with E-state index in [1.807, 2.05) is 19.9 Å². The van der Waals surface area contributed by atoms with Gasteiger partial charge in [-0.25, -0.2) is 0 Å². The second-order valence-electron chi connectivity index (χ2n) is 4.14. The lowest BCUT2D eigenvalue weighted by molar-refractivity contribution is 0.0962. The Bertz CT molecular complexity index is 394. The summed E-state index contributed by atoms with van der Waals surface area (Å²) in [4.78, 5) is 0. The van der Waals surface area contributed by atoms with Gasteiger partial charge in [0.15, 0.2) is 0 Å². The smallest absolute Gasteiger partial charge is 0.101 e. The third-order valence-corrected chi connectivity index (χ3v) is 3.10. The molecule has 80 valence electrons. The van der Waals surface area contributed by atoms with E-state index in [1.165, 1.54) is 0 Å². The fourth-order valence-corrected chi connectivity index (χ4v) is 2.19. The molecule has 0 N–H and O–H groups in total. The van der Waals surface area contributed by atoms with Crippen LogP contribution >= 0.6 is 0 Å². The van der Waals surface area contributed by atoms with Crippen LogP contribution in [0, 0.1) is 25.2 Å². The van der Waals surface area contributed by atoms with Crippen molar-refractivity contribution < 1.29 is 4.74 Å². The molecule has 0 bridgehead atoms. The summed E-state index contributed by atoms with van der Waals surface area (Å²) >= 11 is 0. The van der Waals surface area contributed by atoms with E-state index < -0.39 is 0 Å². The van der Waals surface area contributed by atoms with Crippen molar-refractivity contribution in [3.8, 4) is 6.07 Å². The normalized spacial score (nSPS) is 20.5. The zero-order valence-corrected chi connectivity index (χ0v) is 9.29. The highest BCUT2D eigenvalue weighted by Gasteiger charge is 2.18. The van der Waals surface area contributed by atoms with Crippen molar-refractivity contribution in [3.05, 3.63) is 23.0 Å². The monoisotopic (exact) mass is 204 g/mol. The molecule has 1 aromatic rings. The first-order valence-corrected chi connectivity index (χ1v) is 5.41. The Balaban J connectivity index is 2.20. The SMILES string of the molecule is Cc1cc(C#N)c(C)n1C[C@H]1CCCO1. The van der Waals surface area contributed by atoms with Gasteiger partial charge in [0.1, 0.15) is 6.07 Å². The first-order chi connectivity index (χ1) is 7.22. The maximum absolute atomic E-state index is 8.92. The van der Waals surface area contributed by atoms with Crippen molar-refractivity contribution in [2.45, 2.75) is 39.3 Å². The fourth-order valence-electron chi connectivity index (χ4n) is 2.19. The van der Waals surface area contributed by atoms with Gasteiger partial charge < -0.3 is 9.30 Å². The van der Waals surface area contributed by atoms with E-state index >= 15 is 0 Å². The first kappa shape index (κ1) is 10.3. The van der Waals surface area contributed by atoms with E-state index in [-0.39, 0.29) is 0 Å². The maximum atomic E-state index is 8.92. The Kier molecular flexibility index (Phi) is 2.79. The number of nitriles is 1. The van der Waals surface area contributed by atoms with Gasteiger partial charge in [-0.15, -0.1) is 0 Å². The number of ether oxygens (including phenoxy) is 1. The number of nitrogens with zero attached hydrogens (tertiary/aromatic N) is 2. The van der Waals surface area contributed by atoms with Gasteiger partial charge in [-0.3, -0.25) is 0 Å². The molecule has 0 aliphatic carbocycles. The van der Waals surface area contributed by atoms with E-state index in [4.69, 9.17) is 10.00 Å². The molecule has 3 nitrogen and oxygen atoms in total. The largest absolute Gasteiger partial charge is 0.376 e. The molecule has 2 heterocycles. The predicted molar refractivity (Wildman–Crippen MR) is 57.6 cm³/mol. The minimum absolute atomic E-state index is 0.335. The maximum Gasteiger partial charge on any atom is 0.101 e. The van der Waals surface area contributed by atoms with Gasteiger partial charge >= 0.3 is 0 Å². The third-order valence-electron chi connectivity index (χ3n) is 3.10. The number of aromatic nitrogens is 1. The number of hydrogen-bond acceptors (Lipinski definition) is 2. The molecule has 0 spiro atoms. The summed E-state index contributed by atoms with van der Waals surface area (Å²) < 4.78 is 7.80. The Morgan fingerprint density at radius 1 is 1.60 bits per heavy atom. The molecule has 2 rings (SSSR count). The zero-order valence-electron chi connectivity index (χ0n) is 9.29. The van der Waals surface area contributed by atoms with Gasteiger partial charge in [-0.1, -0.05) is 0 Å². The highest BCUT2D eigenvalue weighted by molar-refractivity contribution is 5.37. The van der Waals surface area contributed by atoms with Crippen LogP contribution in [0.15, 0.2) is 6.07 Å². The summed E-state index contributed by atoms with van der Waals surface area (Å²) in [6.07, 6.45) is 2.63. The molecule has 1 atom stereocenters. The lowest BCUT2D eigenvalue weighted by Crippen LogP contribution is -2.16. The van der Waals surface area contributed by atoms with Crippen LogP contribution < -0.4 is 0 Å². The highest BCUT2D eigenvalue weighted by Crippen LogP contribution is 2.19. The molecule has 15 heavy (non-hydrogen) atoms. The van der Waals surface area contributed by atoms with Crippen LogP contribution in [0.4, 0.5) is 0 Å². The molecule has 0 aromatic carbocycles. The number of hydrogen-bond donors (Lipinski definition) is 0. The summed E-state index contributed by atoms with van der Waals surface area (Å²) in [5.74, 6) is 0. The predicted octanol–water partition coefficient (Wildman–Crippen LogP) is 2.16. The molecular formula is C12H16N2O. The summed E-state index contributed by atoms with van der Waals surface area (Å²) in [5.41, 5.74) is 3.00. The van der Waals surface area contributed by atoms with Crippen molar-refractivity contribution in [1.82, 2.24) is 4.57 Å². The molecule has 0 unspecified atom stereocenters. The average Bonchev–Trinajstić information content (AvgIpc) is 2.81. The van der Waals surface area contributed by atoms with E-state index in [2.05, 4.69) is 10.6 Å². The van der Waals surface area contributed by atoms with Crippen molar-refractivity contribution in [2.75, 3.05) is 6.61 Å². The Labute approximate surface area is 90.3 Å². The zero-order chi connectivity index (χ0) is 10.8. The van der Waals surface area contributed by atoms with Gasteiger partial charge in [-0.05, 0) is 32.8 Å². The number of aryl methyl sites for hydroxylation is 1. The highest BCUT2D eigenvalue weighted by atomic mass is 16.5. The van der Waals surface area contributed by atoms with Crippen LogP contribution in [0.25, 0.3) is 0 Å². The van der Waals surface area contributed by atoms with Crippen molar-refractivity contribution >= 4 is 0 Å². The van der Waals surface area contributed by atoms with Crippen LogP contribution in [0.2, 0.25) is 0 Å². The van der Waals surface area contributed by atoms with Crippen LogP contribution in [-0.4, -0.2) is 17.3 Å². The number of rotatable bonds is 2. The molecule has 0 saturated carbocycles. The standard InChI is InChI=1S/C12H16N2O/c1-9-6-11(7-13)10(2)14(9)8-12-4-3-5-15-12/h6,12H,3-5,8H2,1-2H3/t12-/m1/s1. The van der Waals surface area contributed by atoms with E-state index in [0.717, 1.165) is 42.9 Å². The van der Waals surface area contributed by atoms with Crippen LogP contribution in [0.3, 0.4) is 0 Å². The van der Waals surface area contributed by atoms with Crippen LogP contribution in [0.1, 0.15) is 29.8 Å². The van der Waals surface area contributed by atoms with Gasteiger partial charge in [0.25, 0.3) is 0 Å². The molecule has 1 aromatic heterocycles. The first-order valence-electron chi connectivity index (χ1n) is 5.41. The van der Waals surface area contributed by atoms with Crippen molar-refractivity contribution in [1.29, 1.82) is 5.26 Å². The Hall–Kier alpha value is -1.27. The third kappa shape index (κ3) is 1.91. The average molecular weight is 204 g/mol. The van der Waals surface area contributed by atoms with Crippen LogP contribution in [0.5, 0.6) is 0 Å². The van der Waals surface area contributed by atoms with E-state index in [1.54, 1.807) is 0 Å². The lowest BCUT2D eigenvalue weighted by atomic mass is 10.2. The van der Waals surface area contributed by atoms with Gasteiger partial charge in [0, 0.05) is 24.5 Å². The second kappa shape index (κ2) is 4.08.